The Bertz CT molecular complexity index is 534. The minimum absolute atomic E-state index is 0.0171. The van der Waals surface area contributed by atoms with Gasteiger partial charge in [0, 0.05) is 31.5 Å². The van der Waals surface area contributed by atoms with E-state index in [1.165, 1.54) is 5.69 Å². The third-order valence-corrected chi connectivity index (χ3v) is 3.19. The molecule has 20 heavy (non-hydrogen) atoms. The van der Waals surface area contributed by atoms with Gasteiger partial charge in [0.15, 0.2) is 0 Å². The zero-order chi connectivity index (χ0) is 14.2. The first kappa shape index (κ1) is 14.3. The standard InChI is InChI=1S/C16H21N3O/c1-2-19-10-6-9-15(19)12-17-13-16(20)18-11-14-7-4-3-5-8-14/h3-10,17H,2,11-13H2,1H3,(H,18,20). The average molecular weight is 271 g/mol. The summed E-state index contributed by atoms with van der Waals surface area (Å²) in [5, 5.41) is 6.07. The highest BCUT2D eigenvalue weighted by molar-refractivity contribution is 5.77. The van der Waals surface area contributed by atoms with E-state index in [0.29, 0.717) is 19.6 Å². The molecular weight excluding hydrogens is 250 g/mol. The summed E-state index contributed by atoms with van der Waals surface area (Å²) in [5.74, 6) is 0.0171. The van der Waals surface area contributed by atoms with Crippen molar-refractivity contribution in [2.75, 3.05) is 6.54 Å². The molecule has 1 amide bonds. The quantitative estimate of drug-likeness (QED) is 0.808. The Morgan fingerprint density at radius 1 is 1.10 bits per heavy atom. The molecule has 106 valence electrons. The Morgan fingerprint density at radius 2 is 1.90 bits per heavy atom. The fourth-order valence-electron chi connectivity index (χ4n) is 2.08. The number of aryl methyl sites for hydroxylation is 1. The highest BCUT2D eigenvalue weighted by atomic mass is 16.1. The van der Waals surface area contributed by atoms with Crippen molar-refractivity contribution in [3.63, 3.8) is 0 Å². The monoisotopic (exact) mass is 271 g/mol. The molecule has 2 rings (SSSR count). The fourth-order valence-corrected chi connectivity index (χ4v) is 2.08. The highest BCUT2D eigenvalue weighted by Crippen LogP contribution is 2.01. The van der Waals surface area contributed by atoms with Gasteiger partial charge in [-0.1, -0.05) is 30.3 Å². The van der Waals surface area contributed by atoms with E-state index in [1.807, 2.05) is 42.6 Å². The molecule has 0 unspecified atom stereocenters. The number of aromatic nitrogens is 1. The normalized spacial score (nSPS) is 10.4. The summed E-state index contributed by atoms with van der Waals surface area (Å²) < 4.78 is 2.16. The average Bonchev–Trinajstić information content (AvgIpc) is 2.94. The molecule has 2 N–H and O–H groups in total. The third-order valence-electron chi connectivity index (χ3n) is 3.19. The van der Waals surface area contributed by atoms with E-state index < -0.39 is 0 Å². The van der Waals surface area contributed by atoms with E-state index in [-0.39, 0.29) is 5.91 Å². The number of carbonyl (C=O) groups is 1. The first-order chi connectivity index (χ1) is 9.79. The van der Waals surface area contributed by atoms with E-state index in [9.17, 15) is 4.79 Å². The molecule has 0 aliphatic rings. The zero-order valence-corrected chi connectivity index (χ0v) is 11.8. The van der Waals surface area contributed by atoms with E-state index in [1.54, 1.807) is 0 Å². The predicted octanol–water partition coefficient (Wildman–Crippen LogP) is 1.91. The second kappa shape index (κ2) is 7.50. The summed E-state index contributed by atoms with van der Waals surface area (Å²) in [7, 11) is 0. The summed E-state index contributed by atoms with van der Waals surface area (Å²) in [4.78, 5) is 11.7. The van der Waals surface area contributed by atoms with Gasteiger partial charge in [-0.25, -0.2) is 0 Å². The van der Waals surface area contributed by atoms with Gasteiger partial charge in [-0.15, -0.1) is 0 Å². The Labute approximate surface area is 119 Å². The summed E-state index contributed by atoms with van der Waals surface area (Å²) in [6.45, 7) is 4.67. The van der Waals surface area contributed by atoms with E-state index in [0.717, 1.165) is 12.1 Å². The predicted molar refractivity (Wildman–Crippen MR) is 80.1 cm³/mol. The zero-order valence-electron chi connectivity index (χ0n) is 11.8. The molecule has 0 saturated heterocycles. The molecule has 0 bridgehead atoms. The van der Waals surface area contributed by atoms with Crippen LogP contribution in [0.4, 0.5) is 0 Å². The van der Waals surface area contributed by atoms with Crippen LogP contribution < -0.4 is 10.6 Å². The van der Waals surface area contributed by atoms with Crippen molar-refractivity contribution in [2.45, 2.75) is 26.6 Å². The number of nitrogens with zero attached hydrogens (tertiary/aromatic N) is 1. The van der Waals surface area contributed by atoms with Gasteiger partial charge >= 0.3 is 0 Å². The lowest BCUT2D eigenvalue weighted by molar-refractivity contribution is -0.120. The van der Waals surface area contributed by atoms with Gasteiger partial charge in [-0.3, -0.25) is 4.79 Å². The SMILES string of the molecule is CCn1cccc1CNCC(=O)NCc1ccccc1. The van der Waals surface area contributed by atoms with Gasteiger partial charge < -0.3 is 15.2 Å². The Balaban J connectivity index is 1.68. The number of rotatable bonds is 7. The van der Waals surface area contributed by atoms with E-state index in [4.69, 9.17) is 0 Å². The first-order valence-corrected chi connectivity index (χ1v) is 6.95. The lowest BCUT2D eigenvalue weighted by Gasteiger charge is -2.09. The van der Waals surface area contributed by atoms with Crippen molar-refractivity contribution in [3.05, 3.63) is 59.9 Å². The maximum atomic E-state index is 11.7. The van der Waals surface area contributed by atoms with Crippen molar-refractivity contribution >= 4 is 5.91 Å². The molecule has 0 spiro atoms. The molecule has 4 heteroatoms. The molecule has 0 fully saturated rings. The van der Waals surface area contributed by atoms with Gasteiger partial charge in [0.2, 0.25) is 5.91 Å². The number of amides is 1. The van der Waals surface area contributed by atoms with Crippen LogP contribution in [0.1, 0.15) is 18.2 Å². The van der Waals surface area contributed by atoms with Crippen LogP contribution in [0.2, 0.25) is 0 Å². The van der Waals surface area contributed by atoms with Crippen LogP contribution in [0.25, 0.3) is 0 Å². The maximum Gasteiger partial charge on any atom is 0.234 e. The topological polar surface area (TPSA) is 46.1 Å². The molecule has 2 aromatic rings. The first-order valence-electron chi connectivity index (χ1n) is 6.95. The second-order valence-electron chi connectivity index (χ2n) is 4.65. The minimum atomic E-state index is 0.0171. The van der Waals surface area contributed by atoms with Gasteiger partial charge in [-0.2, -0.15) is 0 Å². The van der Waals surface area contributed by atoms with Gasteiger partial charge in [0.05, 0.1) is 6.54 Å². The fraction of sp³-hybridized carbons (Fsp3) is 0.312. The van der Waals surface area contributed by atoms with Crippen molar-refractivity contribution < 1.29 is 4.79 Å². The molecule has 0 atom stereocenters. The molecule has 1 aromatic carbocycles. The molecule has 0 aliphatic carbocycles. The Morgan fingerprint density at radius 3 is 2.65 bits per heavy atom. The van der Waals surface area contributed by atoms with Crippen LogP contribution in [0.15, 0.2) is 48.7 Å². The van der Waals surface area contributed by atoms with Crippen LogP contribution in [0, 0.1) is 0 Å². The molecule has 1 aromatic heterocycles. The van der Waals surface area contributed by atoms with Gasteiger partial charge in [0.1, 0.15) is 0 Å². The number of hydrogen-bond donors (Lipinski definition) is 2. The van der Waals surface area contributed by atoms with Crippen molar-refractivity contribution in [1.82, 2.24) is 15.2 Å². The second-order valence-corrected chi connectivity index (χ2v) is 4.65. The number of nitrogens with one attached hydrogen (secondary N) is 2. The molecule has 0 saturated carbocycles. The summed E-state index contributed by atoms with van der Waals surface area (Å²) >= 11 is 0. The third kappa shape index (κ3) is 4.24. The minimum Gasteiger partial charge on any atom is -0.351 e. The largest absolute Gasteiger partial charge is 0.351 e. The smallest absolute Gasteiger partial charge is 0.234 e. The van der Waals surface area contributed by atoms with Crippen molar-refractivity contribution in [2.24, 2.45) is 0 Å². The lowest BCUT2D eigenvalue weighted by atomic mass is 10.2. The lowest BCUT2D eigenvalue weighted by Crippen LogP contribution is -2.33. The highest BCUT2D eigenvalue weighted by Gasteiger charge is 2.02. The molecule has 0 radical (unpaired) electrons. The maximum absolute atomic E-state index is 11.7. The Kier molecular flexibility index (Phi) is 5.38. The van der Waals surface area contributed by atoms with Crippen molar-refractivity contribution in [3.8, 4) is 0 Å². The van der Waals surface area contributed by atoms with Gasteiger partial charge in [-0.05, 0) is 24.6 Å². The van der Waals surface area contributed by atoms with Crippen LogP contribution in [0.5, 0.6) is 0 Å². The van der Waals surface area contributed by atoms with Crippen LogP contribution in [-0.4, -0.2) is 17.0 Å². The molecule has 1 heterocycles. The molecule has 4 nitrogen and oxygen atoms in total. The van der Waals surface area contributed by atoms with Crippen LogP contribution >= 0.6 is 0 Å². The summed E-state index contributed by atoms with van der Waals surface area (Å²) in [6.07, 6.45) is 2.05. The number of benzene rings is 1. The summed E-state index contributed by atoms with van der Waals surface area (Å²) in [5.41, 5.74) is 2.31. The molecular formula is C16H21N3O. The van der Waals surface area contributed by atoms with E-state index in [2.05, 4.69) is 28.2 Å². The van der Waals surface area contributed by atoms with Crippen LogP contribution in [-0.2, 0) is 24.4 Å². The van der Waals surface area contributed by atoms with Crippen molar-refractivity contribution in [1.29, 1.82) is 0 Å². The van der Waals surface area contributed by atoms with Crippen LogP contribution in [0.3, 0.4) is 0 Å². The van der Waals surface area contributed by atoms with Gasteiger partial charge in [0.25, 0.3) is 0 Å². The summed E-state index contributed by atoms with van der Waals surface area (Å²) in [6, 6.07) is 14.0. The molecule has 0 aliphatic heterocycles. The number of carbonyl (C=O) groups excluding carboxylic acids is 1. The van der Waals surface area contributed by atoms with E-state index >= 15 is 0 Å². The number of hydrogen-bond acceptors (Lipinski definition) is 2. The Hall–Kier alpha value is -2.07.